The summed E-state index contributed by atoms with van der Waals surface area (Å²) in [5, 5.41) is 0. The van der Waals surface area contributed by atoms with Crippen LogP contribution in [0.4, 0.5) is 0 Å². The predicted octanol–water partition coefficient (Wildman–Crippen LogP) is 1.86. The molecule has 0 aliphatic carbocycles. The lowest BCUT2D eigenvalue weighted by atomic mass is 10.0. The summed E-state index contributed by atoms with van der Waals surface area (Å²) in [6.45, 7) is 14.2. The predicted molar refractivity (Wildman–Crippen MR) is 83.9 cm³/mol. The van der Waals surface area contributed by atoms with Crippen LogP contribution in [0.5, 0.6) is 0 Å². The van der Waals surface area contributed by atoms with E-state index in [0.717, 1.165) is 26.2 Å². The molecule has 0 aromatic rings. The maximum atomic E-state index is 12.2. The third-order valence-electron chi connectivity index (χ3n) is 4.24. The lowest BCUT2D eigenvalue weighted by Gasteiger charge is -2.32. The van der Waals surface area contributed by atoms with Crippen molar-refractivity contribution in [1.82, 2.24) is 9.80 Å². The number of amides is 1. The van der Waals surface area contributed by atoms with E-state index in [1.54, 1.807) is 0 Å². The Labute approximate surface area is 128 Å². The highest BCUT2D eigenvalue weighted by Gasteiger charge is 2.44. The summed E-state index contributed by atoms with van der Waals surface area (Å²) in [6, 6.07) is 0. The van der Waals surface area contributed by atoms with Gasteiger partial charge in [0.05, 0.1) is 10.5 Å². The highest BCUT2D eigenvalue weighted by atomic mass is 32.1. The number of rotatable bonds is 3. The van der Waals surface area contributed by atoms with Crippen molar-refractivity contribution in [2.45, 2.75) is 45.1 Å². The summed E-state index contributed by atoms with van der Waals surface area (Å²) < 4.78 is 5.59. The van der Waals surface area contributed by atoms with Crippen molar-refractivity contribution in [2.75, 3.05) is 32.8 Å². The normalized spacial score (nSPS) is 28.0. The van der Waals surface area contributed by atoms with E-state index in [2.05, 4.69) is 31.4 Å². The van der Waals surface area contributed by atoms with Gasteiger partial charge in [0.15, 0.2) is 0 Å². The van der Waals surface area contributed by atoms with Crippen molar-refractivity contribution in [3.63, 3.8) is 0 Å². The second kappa shape index (κ2) is 5.50. The summed E-state index contributed by atoms with van der Waals surface area (Å²) in [7, 11) is 0. The molecule has 0 bridgehead atoms. The van der Waals surface area contributed by atoms with Gasteiger partial charge >= 0.3 is 0 Å². The molecule has 2 rings (SSSR count). The molecule has 0 aromatic carbocycles. The molecular formula is C15H28N2O2S. The molecule has 1 amide bonds. The third-order valence-corrected chi connectivity index (χ3v) is 4.52. The molecule has 0 N–H and O–H groups in total. The van der Waals surface area contributed by atoms with Crippen LogP contribution in [0.15, 0.2) is 0 Å². The molecule has 4 nitrogen and oxygen atoms in total. The van der Waals surface area contributed by atoms with Gasteiger partial charge in [-0.25, -0.2) is 0 Å². The quantitative estimate of drug-likeness (QED) is 0.808. The topological polar surface area (TPSA) is 32.8 Å². The summed E-state index contributed by atoms with van der Waals surface area (Å²) in [5.41, 5.74) is -0.252. The Hall–Kier alpha value is -0.260. The van der Waals surface area contributed by atoms with E-state index in [0.29, 0.717) is 11.8 Å². The minimum absolute atomic E-state index is 0.0610. The van der Waals surface area contributed by atoms with Gasteiger partial charge in [0.1, 0.15) is 6.61 Å². The Balaban J connectivity index is 1.83. The summed E-state index contributed by atoms with van der Waals surface area (Å²) in [5.74, 6) is 1.33. The van der Waals surface area contributed by atoms with Crippen LogP contribution >= 0.6 is 12.6 Å². The fourth-order valence-electron chi connectivity index (χ4n) is 3.01. The standard InChI is InChI=1S/C15H28N2O2S/c1-14(2,3)19-10-13(18)16-6-11-8-17(15(4,5)20)9-12(11)7-16/h11-12,20H,6-10H2,1-5H3. The molecular weight excluding hydrogens is 272 g/mol. The number of thiol groups is 1. The minimum atomic E-state index is -0.252. The number of carbonyl (C=O) groups is 1. The third kappa shape index (κ3) is 3.89. The molecule has 5 heteroatoms. The number of hydrogen-bond acceptors (Lipinski definition) is 4. The van der Waals surface area contributed by atoms with E-state index in [-0.39, 0.29) is 23.0 Å². The van der Waals surface area contributed by atoms with Crippen LogP contribution < -0.4 is 0 Å². The van der Waals surface area contributed by atoms with Gasteiger partial charge in [-0.3, -0.25) is 9.69 Å². The van der Waals surface area contributed by atoms with Gasteiger partial charge < -0.3 is 9.64 Å². The van der Waals surface area contributed by atoms with Crippen molar-refractivity contribution in [3.8, 4) is 0 Å². The molecule has 2 fully saturated rings. The molecule has 0 spiro atoms. The lowest BCUT2D eigenvalue weighted by Crippen LogP contribution is -2.41. The second-order valence-corrected chi connectivity index (χ2v) is 8.71. The van der Waals surface area contributed by atoms with E-state index in [9.17, 15) is 4.79 Å². The first-order chi connectivity index (χ1) is 9.06. The molecule has 116 valence electrons. The Bertz CT molecular complexity index is 359. The van der Waals surface area contributed by atoms with Crippen molar-refractivity contribution >= 4 is 18.5 Å². The van der Waals surface area contributed by atoms with E-state index < -0.39 is 0 Å². The zero-order valence-electron chi connectivity index (χ0n) is 13.3. The maximum absolute atomic E-state index is 12.2. The first kappa shape index (κ1) is 16.1. The molecule has 2 atom stereocenters. The minimum Gasteiger partial charge on any atom is -0.366 e. The summed E-state index contributed by atoms with van der Waals surface area (Å²) in [4.78, 5) is 16.5. The van der Waals surface area contributed by atoms with Crippen molar-refractivity contribution < 1.29 is 9.53 Å². The van der Waals surface area contributed by atoms with Gasteiger partial charge in [-0.1, -0.05) is 0 Å². The van der Waals surface area contributed by atoms with Crippen molar-refractivity contribution in [1.29, 1.82) is 0 Å². The molecule has 2 saturated heterocycles. The second-order valence-electron chi connectivity index (χ2n) is 7.62. The van der Waals surface area contributed by atoms with E-state index >= 15 is 0 Å². The number of hydrogen-bond donors (Lipinski definition) is 1. The average molecular weight is 300 g/mol. The summed E-state index contributed by atoms with van der Waals surface area (Å²) in [6.07, 6.45) is 0. The van der Waals surface area contributed by atoms with Crippen LogP contribution in [-0.2, 0) is 9.53 Å². The van der Waals surface area contributed by atoms with Crippen LogP contribution in [0.3, 0.4) is 0 Å². The van der Waals surface area contributed by atoms with Gasteiger partial charge in [0, 0.05) is 26.2 Å². The number of fused-ring (bicyclic) bond motifs is 1. The smallest absolute Gasteiger partial charge is 0.248 e. The van der Waals surface area contributed by atoms with E-state index in [4.69, 9.17) is 4.74 Å². The van der Waals surface area contributed by atoms with Gasteiger partial charge in [-0.05, 0) is 46.5 Å². The Morgan fingerprint density at radius 2 is 1.60 bits per heavy atom. The van der Waals surface area contributed by atoms with Crippen LogP contribution in [0.1, 0.15) is 34.6 Å². The molecule has 2 aliphatic heterocycles. The Kier molecular flexibility index (Phi) is 4.43. The lowest BCUT2D eigenvalue weighted by molar-refractivity contribution is -0.140. The molecule has 2 aliphatic rings. The van der Waals surface area contributed by atoms with Gasteiger partial charge in [0.25, 0.3) is 0 Å². The van der Waals surface area contributed by atoms with E-state index in [1.807, 2.05) is 25.7 Å². The highest BCUT2D eigenvalue weighted by Crippen LogP contribution is 2.35. The molecule has 20 heavy (non-hydrogen) atoms. The first-order valence-corrected chi connectivity index (χ1v) is 7.90. The zero-order chi connectivity index (χ0) is 15.1. The molecule has 0 saturated carbocycles. The number of nitrogens with zero attached hydrogens (tertiary/aromatic N) is 2. The number of likely N-dealkylation sites (tertiary alicyclic amines) is 2. The fraction of sp³-hybridized carbons (Fsp3) is 0.933. The Morgan fingerprint density at radius 3 is 2.00 bits per heavy atom. The van der Waals surface area contributed by atoms with Gasteiger partial charge in [-0.15, -0.1) is 0 Å². The van der Waals surface area contributed by atoms with Crippen molar-refractivity contribution in [3.05, 3.63) is 0 Å². The zero-order valence-corrected chi connectivity index (χ0v) is 14.2. The van der Waals surface area contributed by atoms with Crippen molar-refractivity contribution in [2.24, 2.45) is 11.8 Å². The summed E-state index contributed by atoms with van der Waals surface area (Å²) >= 11 is 4.65. The van der Waals surface area contributed by atoms with Crippen LogP contribution in [0.25, 0.3) is 0 Å². The number of carbonyl (C=O) groups excluding carboxylic acids is 1. The highest BCUT2D eigenvalue weighted by molar-refractivity contribution is 7.81. The number of ether oxygens (including phenoxy) is 1. The van der Waals surface area contributed by atoms with Crippen LogP contribution in [0.2, 0.25) is 0 Å². The van der Waals surface area contributed by atoms with Crippen LogP contribution in [0, 0.1) is 11.8 Å². The average Bonchev–Trinajstić information content (AvgIpc) is 2.80. The van der Waals surface area contributed by atoms with Gasteiger partial charge in [-0.2, -0.15) is 12.6 Å². The monoisotopic (exact) mass is 300 g/mol. The molecule has 2 unspecified atom stereocenters. The molecule has 0 aromatic heterocycles. The van der Waals surface area contributed by atoms with Gasteiger partial charge in [0.2, 0.25) is 5.91 Å². The Morgan fingerprint density at radius 1 is 1.10 bits per heavy atom. The first-order valence-electron chi connectivity index (χ1n) is 7.45. The molecule has 0 radical (unpaired) electrons. The van der Waals surface area contributed by atoms with Crippen LogP contribution in [-0.4, -0.2) is 59.0 Å². The fourth-order valence-corrected chi connectivity index (χ4v) is 3.18. The largest absolute Gasteiger partial charge is 0.366 e. The van der Waals surface area contributed by atoms with E-state index in [1.165, 1.54) is 0 Å². The maximum Gasteiger partial charge on any atom is 0.248 e. The SMILES string of the molecule is CC(C)(C)OCC(=O)N1CC2CN(C(C)(C)S)CC2C1. The molecule has 2 heterocycles.